The van der Waals surface area contributed by atoms with E-state index >= 15 is 0 Å². The number of nitrogens with one attached hydrogen (secondary N) is 1. The van der Waals surface area contributed by atoms with Gasteiger partial charge >= 0.3 is 0 Å². The molecule has 1 N–H and O–H groups in total. The smallest absolute Gasteiger partial charge is 0.243 e. The molecule has 0 aliphatic carbocycles. The van der Waals surface area contributed by atoms with Crippen molar-refractivity contribution in [1.29, 1.82) is 0 Å². The molecule has 0 radical (unpaired) electrons. The minimum absolute atomic E-state index is 0.0288. The third-order valence-corrected chi connectivity index (χ3v) is 6.89. The Balaban J connectivity index is 1.48. The van der Waals surface area contributed by atoms with Gasteiger partial charge < -0.3 is 15.0 Å². The second-order valence-electron chi connectivity index (χ2n) is 7.04. The quantitative estimate of drug-likeness (QED) is 0.681. The van der Waals surface area contributed by atoms with E-state index in [0.717, 1.165) is 0 Å². The molecule has 2 aromatic carbocycles. The highest BCUT2D eigenvalue weighted by Crippen LogP contribution is 2.20. The Morgan fingerprint density at radius 2 is 1.74 bits per heavy atom. The van der Waals surface area contributed by atoms with Crippen molar-refractivity contribution < 1.29 is 27.1 Å². The summed E-state index contributed by atoms with van der Waals surface area (Å²) < 4.78 is 45.1. The molecule has 2 aromatic rings. The second kappa shape index (κ2) is 9.88. The van der Waals surface area contributed by atoms with Crippen molar-refractivity contribution in [1.82, 2.24) is 14.5 Å². The predicted molar refractivity (Wildman–Crippen MR) is 111 cm³/mol. The molecule has 0 saturated carbocycles. The van der Waals surface area contributed by atoms with E-state index in [-0.39, 0.29) is 55.9 Å². The first-order chi connectivity index (χ1) is 14.8. The molecular formula is C21H24FN3O5S. The summed E-state index contributed by atoms with van der Waals surface area (Å²) in [5.41, 5.74) is 0.516. The number of hydrogen-bond acceptors (Lipinski definition) is 5. The summed E-state index contributed by atoms with van der Waals surface area (Å²) in [6.45, 7) is 0.593. The number of carbonyl (C=O) groups excluding carboxylic acids is 2. The normalized spacial score (nSPS) is 14.8. The monoisotopic (exact) mass is 449 g/mol. The first-order valence-corrected chi connectivity index (χ1v) is 11.2. The first-order valence-electron chi connectivity index (χ1n) is 9.73. The molecule has 0 bridgehead atoms. The molecule has 0 aromatic heterocycles. The highest BCUT2D eigenvalue weighted by Gasteiger charge is 2.30. The Labute approximate surface area is 180 Å². The van der Waals surface area contributed by atoms with Gasteiger partial charge in [0.05, 0.1) is 25.0 Å². The van der Waals surface area contributed by atoms with Gasteiger partial charge in [0, 0.05) is 26.2 Å². The van der Waals surface area contributed by atoms with E-state index in [9.17, 15) is 22.4 Å². The van der Waals surface area contributed by atoms with Crippen molar-refractivity contribution in [2.45, 2.75) is 11.3 Å². The van der Waals surface area contributed by atoms with Crippen LogP contribution >= 0.6 is 0 Å². The van der Waals surface area contributed by atoms with Crippen LogP contribution in [-0.2, 0) is 26.0 Å². The van der Waals surface area contributed by atoms with Crippen LogP contribution in [0, 0.1) is 5.82 Å². The molecule has 0 atom stereocenters. The van der Waals surface area contributed by atoms with Gasteiger partial charge in [-0.15, -0.1) is 0 Å². The number of sulfonamides is 1. The van der Waals surface area contributed by atoms with E-state index in [4.69, 9.17) is 4.74 Å². The highest BCUT2D eigenvalue weighted by molar-refractivity contribution is 7.89. The molecule has 3 rings (SSSR count). The maximum atomic E-state index is 13.2. The van der Waals surface area contributed by atoms with Crippen LogP contribution < -0.4 is 10.1 Å². The fraction of sp³-hybridized carbons (Fsp3) is 0.333. The maximum Gasteiger partial charge on any atom is 0.243 e. The lowest BCUT2D eigenvalue weighted by molar-refractivity contribution is -0.133. The summed E-state index contributed by atoms with van der Waals surface area (Å²) in [5.74, 6) is -0.550. The molecule has 2 amide bonds. The second-order valence-corrected chi connectivity index (χ2v) is 8.98. The Morgan fingerprint density at radius 3 is 2.35 bits per heavy atom. The Bertz CT molecular complexity index is 1040. The number of halogens is 1. The molecule has 1 saturated heterocycles. The summed E-state index contributed by atoms with van der Waals surface area (Å²) in [4.78, 5) is 26.1. The standard InChI is InChI=1S/C21H24FN3O5S/c1-30-18-5-7-19(8-6-18)31(28,29)25-11-9-24(10-12-25)21(27)15-23-20(26)14-16-3-2-4-17(22)13-16/h2-8,13H,9-12,14-15H2,1H3,(H,23,26). The summed E-state index contributed by atoms with van der Waals surface area (Å²) in [7, 11) is -2.16. The molecule has 10 heteroatoms. The van der Waals surface area contributed by atoms with Crippen molar-refractivity contribution in [3.63, 3.8) is 0 Å². The lowest BCUT2D eigenvalue weighted by atomic mass is 10.1. The fourth-order valence-electron chi connectivity index (χ4n) is 3.26. The lowest BCUT2D eigenvalue weighted by Crippen LogP contribution is -2.52. The highest BCUT2D eigenvalue weighted by atomic mass is 32.2. The predicted octanol–water partition coefficient (Wildman–Crippen LogP) is 1.03. The number of methoxy groups -OCH3 is 1. The van der Waals surface area contributed by atoms with Crippen LogP contribution in [0.3, 0.4) is 0 Å². The van der Waals surface area contributed by atoms with Crippen molar-refractivity contribution in [3.05, 3.63) is 59.9 Å². The third kappa shape index (κ3) is 5.80. The number of piperazine rings is 1. The zero-order chi connectivity index (χ0) is 22.4. The average molecular weight is 450 g/mol. The zero-order valence-corrected chi connectivity index (χ0v) is 17.9. The van der Waals surface area contributed by atoms with E-state index in [1.54, 1.807) is 18.2 Å². The van der Waals surface area contributed by atoms with Crippen LogP contribution in [0.2, 0.25) is 0 Å². The van der Waals surface area contributed by atoms with Crippen LogP contribution in [0.25, 0.3) is 0 Å². The number of nitrogens with zero attached hydrogens (tertiary/aromatic N) is 2. The molecule has 1 fully saturated rings. The first kappa shape index (κ1) is 22.7. The number of carbonyl (C=O) groups is 2. The minimum atomic E-state index is -3.66. The Morgan fingerprint density at radius 1 is 1.06 bits per heavy atom. The summed E-state index contributed by atoms with van der Waals surface area (Å²) >= 11 is 0. The molecule has 166 valence electrons. The van der Waals surface area contributed by atoms with Gasteiger partial charge in [0.15, 0.2) is 0 Å². The van der Waals surface area contributed by atoms with Gasteiger partial charge in [-0.25, -0.2) is 12.8 Å². The van der Waals surface area contributed by atoms with E-state index in [1.165, 1.54) is 46.6 Å². The Kier molecular flexibility index (Phi) is 7.24. The minimum Gasteiger partial charge on any atom is -0.497 e. The van der Waals surface area contributed by atoms with Gasteiger partial charge in [-0.05, 0) is 42.0 Å². The third-order valence-electron chi connectivity index (χ3n) is 4.98. The van der Waals surface area contributed by atoms with Gasteiger partial charge in [0.1, 0.15) is 11.6 Å². The molecular weight excluding hydrogens is 425 g/mol. The fourth-order valence-corrected chi connectivity index (χ4v) is 4.68. The molecule has 0 unspecified atom stereocenters. The SMILES string of the molecule is COc1ccc(S(=O)(=O)N2CCN(C(=O)CNC(=O)Cc3cccc(F)c3)CC2)cc1. The van der Waals surface area contributed by atoms with Gasteiger partial charge in [-0.3, -0.25) is 9.59 Å². The van der Waals surface area contributed by atoms with E-state index in [0.29, 0.717) is 11.3 Å². The van der Waals surface area contributed by atoms with Gasteiger partial charge in [-0.1, -0.05) is 12.1 Å². The average Bonchev–Trinajstić information content (AvgIpc) is 2.77. The zero-order valence-electron chi connectivity index (χ0n) is 17.1. The largest absolute Gasteiger partial charge is 0.497 e. The summed E-state index contributed by atoms with van der Waals surface area (Å²) in [6.07, 6.45) is -0.0288. The molecule has 31 heavy (non-hydrogen) atoms. The molecule has 1 aliphatic heterocycles. The number of ether oxygens (including phenoxy) is 1. The number of benzene rings is 2. The van der Waals surface area contributed by atoms with Gasteiger partial charge in [0.2, 0.25) is 21.8 Å². The van der Waals surface area contributed by atoms with Crippen LogP contribution in [0.4, 0.5) is 4.39 Å². The molecule has 0 spiro atoms. The number of hydrogen-bond donors (Lipinski definition) is 1. The van der Waals surface area contributed by atoms with Crippen molar-refractivity contribution in [2.24, 2.45) is 0 Å². The number of amides is 2. The van der Waals surface area contributed by atoms with Crippen LogP contribution in [0.5, 0.6) is 5.75 Å². The van der Waals surface area contributed by atoms with E-state index < -0.39 is 15.8 Å². The van der Waals surface area contributed by atoms with Crippen LogP contribution in [0.15, 0.2) is 53.4 Å². The lowest BCUT2D eigenvalue weighted by Gasteiger charge is -2.34. The summed E-state index contributed by atoms with van der Waals surface area (Å²) in [6, 6.07) is 11.8. The van der Waals surface area contributed by atoms with Crippen molar-refractivity contribution in [2.75, 3.05) is 39.8 Å². The Hall–Kier alpha value is -2.98. The van der Waals surface area contributed by atoms with Gasteiger partial charge in [0.25, 0.3) is 0 Å². The van der Waals surface area contributed by atoms with E-state index in [2.05, 4.69) is 5.32 Å². The number of rotatable bonds is 7. The summed E-state index contributed by atoms with van der Waals surface area (Å²) in [5, 5.41) is 2.53. The molecule has 8 nitrogen and oxygen atoms in total. The van der Waals surface area contributed by atoms with Gasteiger partial charge in [-0.2, -0.15) is 4.31 Å². The van der Waals surface area contributed by atoms with Crippen molar-refractivity contribution in [3.8, 4) is 5.75 Å². The topological polar surface area (TPSA) is 96.0 Å². The van der Waals surface area contributed by atoms with Crippen LogP contribution in [0.1, 0.15) is 5.56 Å². The molecule has 1 aliphatic rings. The van der Waals surface area contributed by atoms with Crippen LogP contribution in [-0.4, -0.2) is 69.3 Å². The maximum absolute atomic E-state index is 13.2. The van der Waals surface area contributed by atoms with E-state index in [1.807, 2.05) is 0 Å². The van der Waals surface area contributed by atoms with Crippen molar-refractivity contribution >= 4 is 21.8 Å². The molecule has 1 heterocycles.